The van der Waals surface area contributed by atoms with E-state index in [9.17, 15) is 25.2 Å². The average Bonchev–Trinajstić information content (AvgIpc) is 2.77. The van der Waals surface area contributed by atoms with Gasteiger partial charge in [0, 0.05) is 6.08 Å². The van der Waals surface area contributed by atoms with Crippen molar-refractivity contribution in [3.63, 3.8) is 0 Å². The molecule has 0 radical (unpaired) electrons. The van der Waals surface area contributed by atoms with Crippen molar-refractivity contribution >= 4 is 5.97 Å². The summed E-state index contributed by atoms with van der Waals surface area (Å²) < 4.78 is 9.62. The molecule has 0 aromatic heterocycles. The van der Waals surface area contributed by atoms with Gasteiger partial charge in [-0.2, -0.15) is 0 Å². The van der Waals surface area contributed by atoms with E-state index in [1.165, 1.54) is 64.2 Å². The molecule has 0 amide bonds. The monoisotopic (exact) mass is 460 g/mol. The molecule has 8 heteroatoms. The van der Waals surface area contributed by atoms with Crippen molar-refractivity contribution in [3.05, 3.63) is 12.2 Å². The predicted octanol–water partition coefficient (Wildman–Crippen LogP) is 2.69. The SMILES string of the molecule is CCCCCCCCCCCCCCC/C=C/C(=O)OC1(O)O[C@H](CO)[C@@H](O)[C@H](O)[C@H]1O. The zero-order valence-corrected chi connectivity index (χ0v) is 19.5. The topological polar surface area (TPSA) is 137 Å². The Kier molecular flexibility index (Phi) is 15.0. The molecule has 1 rings (SSSR count). The van der Waals surface area contributed by atoms with Crippen LogP contribution in [0.15, 0.2) is 12.2 Å². The van der Waals surface area contributed by atoms with E-state index >= 15 is 0 Å². The van der Waals surface area contributed by atoms with E-state index in [4.69, 9.17) is 14.6 Å². The van der Waals surface area contributed by atoms with Crippen LogP contribution >= 0.6 is 0 Å². The van der Waals surface area contributed by atoms with Crippen LogP contribution in [0.4, 0.5) is 0 Å². The molecule has 32 heavy (non-hydrogen) atoms. The Morgan fingerprint density at radius 2 is 1.38 bits per heavy atom. The Balaban J connectivity index is 2.09. The molecule has 1 aliphatic heterocycles. The van der Waals surface area contributed by atoms with Crippen molar-refractivity contribution in [3.8, 4) is 0 Å². The maximum atomic E-state index is 11.9. The van der Waals surface area contributed by atoms with E-state index in [0.717, 1.165) is 25.3 Å². The zero-order valence-electron chi connectivity index (χ0n) is 19.5. The lowest BCUT2D eigenvalue weighted by Crippen LogP contribution is -2.66. The minimum Gasteiger partial charge on any atom is -0.402 e. The number of ether oxygens (including phenoxy) is 2. The van der Waals surface area contributed by atoms with Gasteiger partial charge in [0.2, 0.25) is 0 Å². The Bertz CT molecular complexity index is 524. The summed E-state index contributed by atoms with van der Waals surface area (Å²) in [6, 6.07) is 0. The Labute approximate surface area is 192 Å². The fourth-order valence-corrected chi connectivity index (χ4v) is 3.85. The molecule has 0 spiro atoms. The standard InChI is InChI=1S/C24H44O8/c1-2-3-4-5-6-7-8-9-10-11-12-13-14-15-16-17-20(26)32-24(30)23(29)22(28)21(27)19(18-25)31-24/h16-17,19,21-23,25,27-30H,2-15,18H2,1H3/b17-16+/t19-,21-,22+,23-,24?/m1/s1. The quantitative estimate of drug-likeness (QED) is 0.0967. The number of rotatable bonds is 17. The summed E-state index contributed by atoms with van der Waals surface area (Å²) in [6.07, 6.45) is 12.9. The fourth-order valence-electron chi connectivity index (χ4n) is 3.85. The molecule has 1 saturated heterocycles. The highest BCUT2D eigenvalue weighted by atomic mass is 16.8. The summed E-state index contributed by atoms with van der Waals surface area (Å²) >= 11 is 0. The van der Waals surface area contributed by atoms with E-state index in [1.807, 2.05) is 0 Å². The largest absolute Gasteiger partial charge is 0.402 e. The van der Waals surface area contributed by atoms with Crippen LogP contribution in [-0.2, 0) is 14.3 Å². The molecule has 0 aliphatic carbocycles. The lowest BCUT2D eigenvalue weighted by molar-refractivity contribution is -0.433. The molecule has 5 atom stereocenters. The molecule has 1 unspecified atom stereocenters. The first-order valence-corrected chi connectivity index (χ1v) is 12.3. The summed E-state index contributed by atoms with van der Waals surface area (Å²) in [7, 11) is 0. The van der Waals surface area contributed by atoms with Gasteiger partial charge in [0.1, 0.15) is 18.3 Å². The van der Waals surface area contributed by atoms with Crippen molar-refractivity contribution in [2.75, 3.05) is 6.61 Å². The number of carbonyl (C=O) groups is 1. The van der Waals surface area contributed by atoms with Crippen molar-refractivity contribution < 1.29 is 39.8 Å². The van der Waals surface area contributed by atoms with E-state index in [0.29, 0.717) is 6.42 Å². The molecule has 1 aliphatic rings. The molecule has 0 bridgehead atoms. The lowest BCUT2D eigenvalue weighted by Gasteiger charge is -2.43. The van der Waals surface area contributed by atoms with Gasteiger partial charge >= 0.3 is 11.9 Å². The van der Waals surface area contributed by atoms with Crippen LogP contribution in [0.2, 0.25) is 0 Å². The first-order chi connectivity index (χ1) is 15.4. The number of aliphatic hydroxyl groups is 5. The summed E-state index contributed by atoms with van der Waals surface area (Å²) in [5.41, 5.74) is 0. The number of allylic oxidation sites excluding steroid dienone is 1. The second-order valence-electron chi connectivity index (χ2n) is 8.75. The van der Waals surface area contributed by atoms with E-state index < -0.39 is 43.0 Å². The molecular weight excluding hydrogens is 416 g/mol. The number of esters is 1. The maximum Gasteiger partial charge on any atom is 0.357 e. The van der Waals surface area contributed by atoms with Crippen molar-refractivity contribution in [1.82, 2.24) is 0 Å². The molecule has 0 aromatic rings. The van der Waals surface area contributed by atoms with Gasteiger partial charge in [-0.1, -0.05) is 90.0 Å². The fraction of sp³-hybridized carbons (Fsp3) is 0.875. The number of carbonyl (C=O) groups excluding carboxylic acids is 1. The highest BCUT2D eigenvalue weighted by Gasteiger charge is 2.55. The Hall–Kier alpha value is -1.03. The van der Waals surface area contributed by atoms with Crippen molar-refractivity contribution in [2.24, 2.45) is 0 Å². The van der Waals surface area contributed by atoms with E-state index in [2.05, 4.69) is 6.92 Å². The summed E-state index contributed by atoms with van der Waals surface area (Å²) in [5, 5.41) is 48.6. The summed E-state index contributed by atoms with van der Waals surface area (Å²) in [5.74, 6) is -3.80. The van der Waals surface area contributed by atoms with Gasteiger partial charge in [-0.25, -0.2) is 4.79 Å². The van der Waals surface area contributed by atoms with Crippen LogP contribution < -0.4 is 0 Å². The van der Waals surface area contributed by atoms with Crippen LogP contribution in [-0.4, -0.2) is 68.5 Å². The number of unbranched alkanes of at least 4 members (excludes halogenated alkanes) is 13. The van der Waals surface area contributed by atoms with E-state index in [-0.39, 0.29) is 0 Å². The molecule has 0 aromatic carbocycles. The first kappa shape index (κ1) is 29.0. The maximum absolute atomic E-state index is 11.9. The normalized spacial score (nSPS) is 28.3. The van der Waals surface area contributed by atoms with Gasteiger partial charge in [0.05, 0.1) is 6.61 Å². The lowest BCUT2D eigenvalue weighted by atomic mass is 9.98. The van der Waals surface area contributed by atoms with E-state index in [1.54, 1.807) is 6.08 Å². The Morgan fingerprint density at radius 1 is 0.875 bits per heavy atom. The van der Waals surface area contributed by atoms with Gasteiger partial charge in [-0.3, -0.25) is 0 Å². The summed E-state index contributed by atoms with van der Waals surface area (Å²) in [4.78, 5) is 11.9. The van der Waals surface area contributed by atoms with Crippen LogP contribution in [0, 0.1) is 0 Å². The van der Waals surface area contributed by atoms with Gasteiger partial charge in [0.25, 0.3) is 0 Å². The van der Waals surface area contributed by atoms with Gasteiger partial charge in [-0.05, 0) is 12.8 Å². The Morgan fingerprint density at radius 3 is 1.88 bits per heavy atom. The third kappa shape index (κ3) is 10.7. The zero-order chi connectivity index (χ0) is 23.8. The van der Waals surface area contributed by atoms with Gasteiger partial charge in [-0.15, -0.1) is 0 Å². The number of hydrogen-bond donors (Lipinski definition) is 5. The molecule has 1 fully saturated rings. The highest BCUT2D eigenvalue weighted by Crippen LogP contribution is 2.29. The molecule has 5 N–H and O–H groups in total. The molecule has 8 nitrogen and oxygen atoms in total. The third-order valence-corrected chi connectivity index (χ3v) is 5.90. The second-order valence-corrected chi connectivity index (χ2v) is 8.75. The highest BCUT2D eigenvalue weighted by molar-refractivity contribution is 5.82. The second kappa shape index (κ2) is 16.6. The van der Waals surface area contributed by atoms with Crippen molar-refractivity contribution in [1.29, 1.82) is 0 Å². The number of hydrogen-bond acceptors (Lipinski definition) is 8. The molecular formula is C24H44O8. The smallest absolute Gasteiger partial charge is 0.357 e. The third-order valence-electron chi connectivity index (χ3n) is 5.90. The van der Waals surface area contributed by atoms with Crippen LogP contribution in [0.25, 0.3) is 0 Å². The van der Waals surface area contributed by atoms with Crippen molar-refractivity contribution in [2.45, 2.75) is 127 Å². The van der Waals surface area contributed by atoms with Gasteiger partial charge in [0.15, 0.2) is 6.10 Å². The van der Waals surface area contributed by atoms with Crippen LogP contribution in [0.1, 0.15) is 96.8 Å². The minimum absolute atomic E-state index is 0.676. The number of aliphatic hydroxyl groups excluding tert-OH is 4. The predicted molar refractivity (Wildman–Crippen MR) is 120 cm³/mol. The molecule has 188 valence electrons. The molecule has 1 heterocycles. The molecule has 0 saturated carbocycles. The van der Waals surface area contributed by atoms with Crippen LogP contribution in [0.5, 0.6) is 0 Å². The first-order valence-electron chi connectivity index (χ1n) is 12.3. The van der Waals surface area contributed by atoms with Gasteiger partial charge < -0.3 is 35.0 Å². The summed E-state index contributed by atoms with van der Waals surface area (Å²) in [6.45, 7) is 1.50. The average molecular weight is 461 g/mol. The van der Waals surface area contributed by atoms with Crippen LogP contribution in [0.3, 0.4) is 0 Å². The minimum atomic E-state index is -2.84.